The highest BCUT2D eigenvalue weighted by atomic mass is 16.5. The second-order valence-electron chi connectivity index (χ2n) is 6.19. The van der Waals surface area contributed by atoms with E-state index >= 15 is 0 Å². The molecular formula is C22H14N4O2. The number of carbonyl (C=O) groups excluding carboxylic acids is 1. The summed E-state index contributed by atoms with van der Waals surface area (Å²) in [6.45, 7) is 0. The first kappa shape index (κ1) is 18.6. The van der Waals surface area contributed by atoms with Crippen LogP contribution in [0.3, 0.4) is 0 Å². The zero-order chi connectivity index (χ0) is 20.1. The number of hydrogen-bond donors (Lipinski definition) is 1. The number of nitriles is 3. The van der Waals surface area contributed by atoms with Crippen molar-refractivity contribution < 1.29 is 9.53 Å². The number of allylic oxidation sites excluding steroid dienone is 2. The number of Topliss-reactive ketones (excluding diaryl/α,β-unsaturated/α-hetero) is 1. The summed E-state index contributed by atoms with van der Waals surface area (Å²) in [5.74, 6) is -1.74. The van der Waals surface area contributed by atoms with Crippen molar-refractivity contribution in [3.05, 3.63) is 76.5 Å². The molecule has 1 heterocycles. The zero-order valence-electron chi connectivity index (χ0n) is 14.8. The van der Waals surface area contributed by atoms with Crippen LogP contribution in [0.1, 0.15) is 28.2 Å². The maximum Gasteiger partial charge on any atom is 0.216 e. The fraction of sp³-hybridized carbons (Fsp3) is 0.136. The summed E-state index contributed by atoms with van der Waals surface area (Å²) in [7, 11) is 0. The molecule has 2 aromatic rings. The van der Waals surface area contributed by atoms with Gasteiger partial charge in [-0.3, -0.25) is 10.2 Å². The Labute approximate surface area is 162 Å². The van der Waals surface area contributed by atoms with Gasteiger partial charge in [0.05, 0.1) is 25.0 Å². The zero-order valence-corrected chi connectivity index (χ0v) is 14.8. The molecular weight excluding hydrogens is 352 g/mol. The lowest BCUT2D eigenvalue weighted by molar-refractivity contribution is -0.115. The van der Waals surface area contributed by atoms with Crippen LogP contribution in [0.15, 0.2) is 54.3 Å². The molecule has 1 saturated heterocycles. The molecule has 3 rings (SSSR count). The molecule has 1 fully saturated rings. The van der Waals surface area contributed by atoms with Crippen molar-refractivity contribution in [1.82, 2.24) is 0 Å². The molecule has 1 unspecified atom stereocenters. The summed E-state index contributed by atoms with van der Waals surface area (Å²) in [4.78, 5) is 12.9. The Morgan fingerprint density at radius 1 is 0.929 bits per heavy atom. The molecule has 0 saturated carbocycles. The molecule has 2 aromatic carbocycles. The van der Waals surface area contributed by atoms with Crippen LogP contribution in [0.5, 0.6) is 0 Å². The maximum absolute atomic E-state index is 12.9. The molecule has 1 aliphatic rings. The third-order valence-electron chi connectivity index (χ3n) is 4.42. The molecule has 1 atom stereocenters. The lowest BCUT2D eigenvalue weighted by Gasteiger charge is -2.06. The van der Waals surface area contributed by atoms with E-state index < -0.39 is 11.7 Å². The van der Waals surface area contributed by atoms with E-state index in [0.717, 1.165) is 11.1 Å². The van der Waals surface area contributed by atoms with Crippen LogP contribution in [0, 0.1) is 39.4 Å². The Hall–Kier alpha value is -4.21. The standard InChI is InChI=1S/C22H14N4O2/c23-11-9-14-1-5-16(6-2-14)18(13-25)21-20(27)19(22(26)28-21)17-7-3-15(4-8-17)10-12-24/h1-8,19,26H,9-10H2/b21-18-,26-22?. The van der Waals surface area contributed by atoms with Gasteiger partial charge in [-0.2, -0.15) is 15.8 Å². The van der Waals surface area contributed by atoms with Crippen molar-refractivity contribution in [3.8, 4) is 18.2 Å². The summed E-state index contributed by atoms with van der Waals surface area (Å²) < 4.78 is 5.39. The number of nitrogens with zero attached hydrogens (tertiary/aromatic N) is 3. The molecule has 0 spiro atoms. The minimum atomic E-state index is -0.910. The van der Waals surface area contributed by atoms with Crippen LogP contribution >= 0.6 is 0 Å². The fourth-order valence-corrected chi connectivity index (χ4v) is 2.99. The number of ketones is 1. The first-order chi connectivity index (χ1) is 13.6. The van der Waals surface area contributed by atoms with Crippen molar-refractivity contribution in [1.29, 1.82) is 21.2 Å². The summed E-state index contributed by atoms with van der Waals surface area (Å²) in [6.07, 6.45) is 0.515. The van der Waals surface area contributed by atoms with E-state index in [2.05, 4.69) is 6.07 Å². The van der Waals surface area contributed by atoms with E-state index in [4.69, 9.17) is 20.7 Å². The van der Waals surface area contributed by atoms with Gasteiger partial charge in [0.25, 0.3) is 0 Å². The van der Waals surface area contributed by atoms with Gasteiger partial charge in [-0.1, -0.05) is 48.5 Å². The highest BCUT2D eigenvalue weighted by Gasteiger charge is 2.40. The number of ether oxygens (including phenoxy) is 1. The number of nitrogens with one attached hydrogen (secondary N) is 1. The average molecular weight is 366 g/mol. The number of rotatable bonds is 4. The largest absolute Gasteiger partial charge is 0.437 e. The number of benzene rings is 2. The molecule has 0 aromatic heterocycles. The molecule has 6 nitrogen and oxygen atoms in total. The Kier molecular flexibility index (Phi) is 5.30. The monoisotopic (exact) mass is 366 g/mol. The number of carbonyl (C=O) groups is 1. The second kappa shape index (κ2) is 7.99. The Bertz CT molecular complexity index is 1090. The topological polar surface area (TPSA) is 122 Å². The molecule has 1 N–H and O–H groups in total. The van der Waals surface area contributed by atoms with Gasteiger partial charge in [-0.15, -0.1) is 0 Å². The van der Waals surface area contributed by atoms with Crippen LogP contribution in [0.2, 0.25) is 0 Å². The molecule has 0 bridgehead atoms. The summed E-state index contributed by atoms with van der Waals surface area (Å²) in [5, 5.41) is 35.2. The molecule has 134 valence electrons. The normalized spacial score (nSPS) is 17.2. The molecule has 0 radical (unpaired) electrons. The Morgan fingerprint density at radius 2 is 1.46 bits per heavy atom. The van der Waals surface area contributed by atoms with Crippen molar-refractivity contribution >= 4 is 17.3 Å². The first-order valence-electron chi connectivity index (χ1n) is 8.46. The highest BCUT2D eigenvalue weighted by molar-refractivity contribution is 6.21. The van der Waals surface area contributed by atoms with Gasteiger partial charge in [0.15, 0.2) is 5.76 Å². The van der Waals surface area contributed by atoms with Gasteiger partial charge in [-0.05, 0) is 22.3 Å². The predicted octanol–water partition coefficient (Wildman–Crippen LogP) is 3.41. The van der Waals surface area contributed by atoms with Gasteiger partial charge in [0.2, 0.25) is 11.7 Å². The van der Waals surface area contributed by atoms with Crippen LogP contribution < -0.4 is 0 Å². The van der Waals surface area contributed by atoms with E-state index in [0.29, 0.717) is 11.1 Å². The number of hydrogen-bond acceptors (Lipinski definition) is 6. The van der Waals surface area contributed by atoms with Gasteiger partial charge in [0, 0.05) is 0 Å². The quantitative estimate of drug-likeness (QED) is 0.656. The van der Waals surface area contributed by atoms with Crippen LogP contribution in [0.4, 0.5) is 0 Å². The van der Waals surface area contributed by atoms with Gasteiger partial charge < -0.3 is 4.74 Å². The lowest BCUT2D eigenvalue weighted by atomic mass is 9.92. The van der Waals surface area contributed by atoms with E-state index in [1.807, 2.05) is 12.1 Å². The van der Waals surface area contributed by atoms with Crippen molar-refractivity contribution in [3.63, 3.8) is 0 Å². The minimum absolute atomic E-state index is 0.0573. The van der Waals surface area contributed by atoms with Crippen LogP contribution in [0.25, 0.3) is 5.57 Å². The van der Waals surface area contributed by atoms with Gasteiger partial charge >= 0.3 is 0 Å². The van der Waals surface area contributed by atoms with Crippen molar-refractivity contribution in [2.45, 2.75) is 18.8 Å². The van der Waals surface area contributed by atoms with E-state index in [1.54, 1.807) is 48.5 Å². The lowest BCUT2D eigenvalue weighted by Crippen LogP contribution is -2.12. The van der Waals surface area contributed by atoms with Crippen molar-refractivity contribution in [2.75, 3.05) is 0 Å². The smallest absolute Gasteiger partial charge is 0.216 e. The van der Waals surface area contributed by atoms with E-state index in [-0.39, 0.29) is 30.1 Å². The van der Waals surface area contributed by atoms with E-state index in [9.17, 15) is 10.1 Å². The predicted molar refractivity (Wildman–Crippen MR) is 101 cm³/mol. The molecule has 28 heavy (non-hydrogen) atoms. The minimum Gasteiger partial charge on any atom is -0.437 e. The maximum atomic E-state index is 12.9. The molecule has 1 aliphatic heterocycles. The van der Waals surface area contributed by atoms with Crippen LogP contribution in [-0.2, 0) is 22.4 Å². The van der Waals surface area contributed by atoms with E-state index in [1.165, 1.54) is 0 Å². The average Bonchev–Trinajstić information content (AvgIpc) is 2.99. The third-order valence-corrected chi connectivity index (χ3v) is 4.42. The van der Waals surface area contributed by atoms with Crippen molar-refractivity contribution in [2.24, 2.45) is 0 Å². The summed E-state index contributed by atoms with van der Waals surface area (Å²) in [6, 6.07) is 19.7. The highest BCUT2D eigenvalue weighted by Crippen LogP contribution is 2.34. The van der Waals surface area contributed by atoms with Crippen LogP contribution in [-0.4, -0.2) is 11.7 Å². The summed E-state index contributed by atoms with van der Waals surface area (Å²) >= 11 is 0. The Balaban J connectivity index is 1.95. The molecule has 0 amide bonds. The Morgan fingerprint density at radius 3 is 1.96 bits per heavy atom. The van der Waals surface area contributed by atoms with Gasteiger partial charge in [-0.25, -0.2) is 0 Å². The third kappa shape index (κ3) is 3.51. The van der Waals surface area contributed by atoms with Gasteiger partial charge in [0.1, 0.15) is 17.6 Å². The second-order valence-corrected chi connectivity index (χ2v) is 6.19. The SMILES string of the molecule is N#CCc1ccc(/C(C#N)=C2\OC(=N)C(c3ccc(CC#N)cc3)C2=O)cc1. The molecule has 6 heteroatoms. The fourth-order valence-electron chi connectivity index (χ4n) is 2.99. The summed E-state index contributed by atoms with van der Waals surface area (Å²) in [5.41, 5.74) is 2.74. The first-order valence-corrected chi connectivity index (χ1v) is 8.46. The molecule has 0 aliphatic carbocycles.